The summed E-state index contributed by atoms with van der Waals surface area (Å²) in [5, 5.41) is 7.58. The van der Waals surface area contributed by atoms with Crippen LogP contribution in [0.1, 0.15) is 40.0 Å². The van der Waals surface area contributed by atoms with Gasteiger partial charge in [0.2, 0.25) is 0 Å². The van der Waals surface area contributed by atoms with Gasteiger partial charge >= 0.3 is 0 Å². The molecule has 0 spiro atoms. The molecule has 1 aliphatic carbocycles. The highest BCUT2D eigenvalue weighted by molar-refractivity contribution is 5.09. The van der Waals surface area contributed by atoms with E-state index in [4.69, 9.17) is 0 Å². The Morgan fingerprint density at radius 2 is 1.74 bits per heavy atom. The number of rotatable bonds is 6. The fourth-order valence-corrected chi connectivity index (χ4v) is 5.30. The second-order valence-corrected chi connectivity index (χ2v) is 9.09. The van der Waals surface area contributed by atoms with Crippen LogP contribution in [-0.4, -0.2) is 73.2 Å². The van der Waals surface area contributed by atoms with Gasteiger partial charge in [0.1, 0.15) is 0 Å². The van der Waals surface area contributed by atoms with Crippen LogP contribution in [0.15, 0.2) is 0 Å². The van der Waals surface area contributed by atoms with Crippen molar-refractivity contribution in [1.82, 2.24) is 20.4 Å². The van der Waals surface area contributed by atoms with E-state index in [1.807, 2.05) is 0 Å². The predicted molar refractivity (Wildman–Crippen MR) is 95.7 cm³/mol. The lowest BCUT2D eigenvalue weighted by molar-refractivity contribution is 0.209. The van der Waals surface area contributed by atoms with Crippen LogP contribution >= 0.6 is 0 Å². The Morgan fingerprint density at radius 3 is 2.30 bits per heavy atom. The average molecular weight is 321 g/mol. The molecule has 3 heterocycles. The lowest BCUT2D eigenvalue weighted by Gasteiger charge is -2.31. The molecule has 4 heteroatoms. The molecule has 0 aromatic rings. The highest BCUT2D eigenvalue weighted by Crippen LogP contribution is 2.46. The minimum atomic E-state index is 0.495. The maximum atomic E-state index is 4.03. The second-order valence-electron chi connectivity index (χ2n) is 9.09. The normalized spacial score (nSPS) is 38.3. The van der Waals surface area contributed by atoms with Crippen LogP contribution < -0.4 is 10.6 Å². The molecule has 4 atom stereocenters. The summed E-state index contributed by atoms with van der Waals surface area (Å²) in [6.45, 7) is 16.1. The molecule has 2 N–H and O–H groups in total. The van der Waals surface area contributed by atoms with Crippen LogP contribution in [0.25, 0.3) is 0 Å². The summed E-state index contributed by atoms with van der Waals surface area (Å²) in [5.74, 6) is 2.72. The van der Waals surface area contributed by atoms with Gasteiger partial charge in [0.05, 0.1) is 0 Å². The third-order valence-corrected chi connectivity index (χ3v) is 7.31. The van der Waals surface area contributed by atoms with Crippen molar-refractivity contribution in [3.63, 3.8) is 0 Å². The molecule has 3 saturated heterocycles. The van der Waals surface area contributed by atoms with Crippen molar-refractivity contribution in [1.29, 1.82) is 0 Å². The van der Waals surface area contributed by atoms with E-state index in [1.54, 1.807) is 0 Å². The van der Waals surface area contributed by atoms with Gasteiger partial charge < -0.3 is 15.5 Å². The maximum Gasteiger partial charge on any atom is 0.0224 e. The van der Waals surface area contributed by atoms with Crippen molar-refractivity contribution >= 4 is 0 Å². The molecular weight excluding hydrogens is 284 g/mol. The molecule has 23 heavy (non-hydrogen) atoms. The van der Waals surface area contributed by atoms with Crippen molar-refractivity contribution in [2.45, 2.75) is 57.7 Å². The van der Waals surface area contributed by atoms with Crippen LogP contribution in [0, 0.1) is 17.8 Å². The molecule has 132 valence electrons. The number of hydrogen-bond acceptors (Lipinski definition) is 4. The monoisotopic (exact) mass is 320 g/mol. The van der Waals surface area contributed by atoms with Gasteiger partial charge in [0.25, 0.3) is 0 Å². The first-order chi connectivity index (χ1) is 11.1. The fourth-order valence-electron chi connectivity index (χ4n) is 5.30. The van der Waals surface area contributed by atoms with E-state index in [0.717, 1.165) is 17.8 Å². The minimum absolute atomic E-state index is 0.495. The van der Waals surface area contributed by atoms with Crippen molar-refractivity contribution in [2.75, 3.05) is 45.8 Å². The Kier molecular flexibility index (Phi) is 4.46. The van der Waals surface area contributed by atoms with E-state index in [-0.39, 0.29) is 0 Å². The lowest BCUT2D eigenvalue weighted by atomic mass is 9.96. The SMILES string of the molecule is CC(C)N1CCC(C2(NCC(C)N3C[C@@H]4CNC[C@H]4C3)CC2)C1. The molecule has 0 aromatic heterocycles. The Morgan fingerprint density at radius 1 is 1.04 bits per heavy atom. The minimum Gasteiger partial charge on any atom is -0.316 e. The number of fused-ring (bicyclic) bond motifs is 1. The predicted octanol–water partition coefficient (Wildman–Crippen LogP) is 1.38. The molecule has 0 bridgehead atoms. The largest absolute Gasteiger partial charge is 0.316 e. The topological polar surface area (TPSA) is 30.5 Å². The molecule has 3 aliphatic heterocycles. The summed E-state index contributed by atoms with van der Waals surface area (Å²) in [6, 6.07) is 1.41. The van der Waals surface area contributed by atoms with Crippen molar-refractivity contribution < 1.29 is 0 Å². The molecule has 4 rings (SSSR count). The first-order valence-electron chi connectivity index (χ1n) is 10.0. The molecule has 2 unspecified atom stereocenters. The maximum absolute atomic E-state index is 4.03. The second kappa shape index (κ2) is 6.29. The number of likely N-dealkylation sites (tertiary alicyclic amines) is 2. The zero-order valence-corrected chi connectivity index (χ0v) is 15.4. The molecule has 0 aromatic carbocycles. The van der Waals surface area contributed by atoms with Crippen molar-refractivity contribution in [3.8, 4) is 0 Å². The first-order valence-corrected chi connectivity index (χ1v) is 10.0. The zero-order valence-electron chi connectivity index (χ0n) is 15.4. The summed E-state index contributed by atoms with van der Waals surface area (Å²) >= 11 is 0. The van der Waals surface area contributed by atoms with E-state index >= 15 is 0 Å². The quantitative estimate of drug-likeness (QED) is 0.774. The van der Waals surface area contributed by atoms with E-state index in [2.05, 4.69) is 41.2 Å². The number of nitrogens with one attached hydrogen (secondary N) is 2. The van der Waals surface area contributed by atoms with Gasteiger partial charge in [0, 0.05) is 43.8 Å². The van der Waals surface area contributed by atoms with Crippen molar-refractivity contribution in [3.05, 3.63) is 0 Å². The fraction of sp³-hybridized carbons (Fsp3) is 1.00. The Hall–Kier alpha value is -0.160. The molecular formula is C19H36N4. The Balaban J connectivity index is 1.26. The van der Waals surface area contributed by atoms with Gasteiger partial charge in [-0.25, -0.2) is 0 Å². The van der Waals surface area contributed by atoms with Gasteiger partial charge in [-0.3, -0.25) is 4.90 Å². The first kappa shape index (κ1) is 16.3. The van der Waals surface area contributed by atoms with E-state index in [1.165, 1.54) is 65.1 Å². The standard InChI is InChI=1S/C19H36N4/c1-14(2)22-7-4-18(13-22)19(5-6-19)21-8-15(3)23-11-16-9-20-10-17(16)12-23/h14-18,20-21H,4-13H2,1-3H3/t15?,16-,17-,18?/m0/s1. The Labute approximate surface area is 142 Å². The molecule has 4 nitrogen and oxygen atoms in total. The highest BCUT2D eigenvalue weighted by Gasteiger charge is 2.51. The molecule has 0 radical (unpaired) electrons. The number of nitrogens with zero attached hydrogens (tertiary/aromatic N) is 2. The van der Waals surface area contributed by atoms with Crippen LogP contribution in [0.5, 0.6) is 0 Å². The average Bonchev–Trinajstić information content (AvgIpc) is 2.93. The van der Waals surface area contributed by atoms with Gasteiger partial charge in [-0.05, 0) is 77.4 Å². The van der Waals surface area contributed by atoms with Crippen LogP contribution in [-0.2, 0) is 0 Å². The summed E-state index contributed by atoms with van der Waals surface area (Å²) in [5.41, 5.74) is 0.495. The zero-order chi connectivity index (χ0) is 16.0. The molecule has 4 aliphatic rings. The molecule has 1 saturated carbocycles. The van der Waals surface area contributed by atoms with Crippen molar-refractivity contribution in [2.24, 2.45) is 17.8 Å². The smallest absolute Gasteiger partial charge is 0.0224 e. The van der Waals surface area contributed by atoms with Crippen LogP contribution in [0.3, 0.4) is 0 Å². The lowest BCUT2D eigenvalue weighted by Crippen LogP contribution is -2.47. The summed E-state index contributed by atoms with van der Waals surface area (Å²) < 4.78 is 0. The molecule has 0 amide bonds. The van der Waals surface area contributed by atoms with E-state index in [9.17, 15) is 0 Å². The van der Waals surface area contributed by atoms with Gasteiger partial charge in [0.15, 0.2) is 0 Å². The van der Waals surface area contributed by atoms with Gasteiger partial charge in [-0.1, -0.05) is 0 Å². The summed E-state index contributed by atoms with van der Waals surface area (Å²) in [6.07, 6.45) is 4.22. The van der Waals surface area contributed by atoms with E-state index in [0.29, 0.717) is 17.6 Å². The summed E-state index contributed by atoms with van der Waals surface area (Å²) in [4.78, 5) is 5.42. The Bertz CT molecular complexity index is 408. The van der Waals surface area contributed by atoms with E-state index < -0.39 is 0 Å². The van der Waals surface area contributed by atoms with Crippen LogP contribution in [0.2, 0.25) is 0 Å². The number of hydrogen-bond donors (Lipinski definition) is 2. The van der Waals surface area contributed by atoms with Gasteiger partial charge in [-0.2, -0.15) is 0 Å². The van der Waals surface area contributed by atoms with Gasteiger partial charge in [-0.15, -0.1) is 0 Å². The van der Waals surface area contributed by atoms with Crippen LogP contribution in [0.4, 0.5) is 0 Å². The third-order valence-electron chi connectivity index (χ3n) is 7.31. The molecule has 4 fully saturated rings. The summed E-state index contributed by atoms with van der Waals surface area (Å²) in [7, 11) is 0. The third kappa shape index (κ3) is 3.20. The highest BCUT2D eigenvalue weighted by atomic mass is 15.2.